The van der Waals surface area contributed by atoms with E-state index in [1.54, 1.807) is 16.2 Å². The Hall–Kier alpha value is -4.03. The van der Waals surface area contributed by atoms with Gasteiger partial charge in [-0.2, -0.15) is 5.10 Å². The molecule has 2 aromatic heterocycles. The largest absolute Gasteiger partial charge is 0.479 e. The molecule has 0 spiro atoms. The fourth-order valence-corrected chi connectivity index (χ4v) is 8.79. The number of rotatable bonds is 8. The average molecular weight is 730 g/mol. The van der Waals surface area contributed by atoms with Gasteiger partial charge in [0, 0.05) is 58.7 Å². The van der Waals surface area contributed by atoms with Crippen molar-refractivity contribution in [1.82, 2.24) is 24.6 Å². The zero-order chi connectivity index (χ0) is 36.2. The Balaban J connectivity index is 1.26. The summed E-state index contributed by atoms with van der Waals surface area (Å²) in [4.78, 5) is 34.0. The molecule has 1 amide bonds. The Kier molecular flexibility index (Phi) is 9.60. The predicted molar refractivity (Wildman–Crippen MR) is 202 cm³/mol. The second kappa shape index (κ2) is 13.8. The quantitative estimate of drug-likeness (QED) is 0.169. The Morgan fingerprint density at radius 1 is 1.06 bits per heavy atom. The van der Waals surface area contributed by atoms with Crippen molar-refractivity contribution in [3.8, 4) is 21.7 Å². The van der Waals surface area contributed by atoms with Crippen LogP contribution in [0.2, 0.25) is 5.02 Å². The molecular weight excluding hydrogens is 686 g/mol. The third-order valence-corrected chi connectivity index (χ3v) is 11.5. The number of hydrogen-bond acceptors (Lipinski definition) is 8. The first-order chi connectivity index (χ1) is 24.3. The van der Waals surface area contributed by atoms with Crippen LogP contribution >= 0.6 is 22.9 Å². The number of halogens is 1. The number of likely N-dealkylation sites (tertiary alicyclic amines) is 2. The number of nitrogens with zero attached hydrogens (tertiary/aromatic N) is 5. The van der Waals surface area contributed by atoms with Crippen LogP contribution in [0, 0.1) is 6.92 Å². The molecule has 5 aromatic rings. The summed E-state index contributed by atoms with van der Waals surface area (Å²) in [7, 11) is 1.43. The molecule has 12 heteroatoms. The van der Waals surface area contributed by atoms with Crippen LogP contribution in [-0.2, 0) is 20.8 Å². The monoisotopic (exact) mass is 729 g/mol. The molecule has 268 valence electrons. The highest BCUT2D eigenvalue weighted by molar-refractivity contribution is 7.22. The van der Waals surface area contributed by atoms with Crippen molar-refractivity contribution in [2.75, 3.05) is 33.3 Å². The molecule has 7 rings (SSSR count). The van der Waals surface area contributed by atoms with Gasteiger partial charge < -0.3 is 19.5 Å². The highest BCUT2D eigenvalue weighted by atomic mass is 35.5. The average Bonchev–Trinajstić information content (AvgIpc) is 3.67. The van der Waals surface area contributed by atoms with Gasteiger partial charge in [0.05, 0.1) is 34.1 Å². The van der Waals surface area contributed by atoms with E-state index in [4.69, 9.17) is 31.2 Å². The van der Waals surface area contributed by atoms with Gasteiger partial charge in [0.2, 0.25) is 0 Å². The zero-order valence-corrected chi connectivity index (χ0v) is 31.5. The van der Waals surface area contributed by atoms with E-state index in [-0.39, 0.29) is 6.09 Å². The summed E-state index contributed by atoms with van der Waals surface area (Å²) in [5.41, 5.74) is 6.43. The van der Waals surface area contributed by atoms with E-state index in [9.17, 15) is 14.7 Å². The minimum absolute atomic E-state index is 0.252. The molecule has 2 saturated heterocycles. The number of aryl methyl sites for hydroxylation is 2. The number of carbonyl (C=O) groups is 2. The molecule has 51 heavy (non-hydrogen) atoms. The van der Waals surface area contributed by atoms with E-state index in [1.165, 1.54) is 7.11 Å². The van der Waals surface area contributed by atoms with Gasteiger partial charge in [-0.25, -0.2) is 14.6 Å². The molecule has 10 nitrogen and oxygen atoms in total. The van der Waals surface area contributed by atoms with Crippen LogP contribution in [0.5, 0.6) is 0 Å². The van der Waals surface area contributed by atoms with Crippen molar-refractivity contribution >= 4 is 56.1 Å². The van der Waals surface area contributed by atoms with Crippen LogP contribution in [0.4, 0.5) is 4.79 Å². The maximum atomic E-state index is 12.8. The number of carboxylic acid groups (broad SMARTS) is 1. The first-order valence-electron chi connectivity index (χ1n) is 17.5. The van der Waals surface area contributed by atoms with Crippen molar-refractivity contribution in [2.24, 2.45) is 0 Å². The minimum Gasteiger partial charge on any atom is -0.479 e. The topological polar surface area (TPSA) is 110 Å². The summed E-state index contributed by atoms with van der Waals surface area (Å²) < 4.78 is 14.1. The number of piperidine rings is 1. The molecule has 0 saturated carbocycles. The first-order valence-corrected chi connectivity index (χ1v) is 18.7. The van der Waals surface area contributed by atoms with Crippen molar-refractivity contribution in [3.63, 3.8) is 0 Å². The number of aromatic nitrogens is 3. The molecule has 0 aliphatic carbocycles. The molecule has 1 unspecified atom stereocenters. The molecule has 0 radical (unpaired) electrons. The predicted octanol–water partition coefficient (Wildman–Crippen LogP) is 8.53. The molecule has 2 fully saturated rings. The van der Waals surface area contributed by atoms with Crippen LogP contribution < -0.4 is 0 Å². The van der Waals surface area contributed by atoms with Crippen LogP contribution in [0.15, 0.2) is 48.5 Å². The zero-order valence-electron chi connectivity index (χ0n) is 29.9. The number of aliphatic carboxylic acids is 1. The number of hydrogen-bond donors (Lipinski definition) is 1. The van der Waals surface area contributed by atoms with Gasteiger partial charge in [0.1, 0.15) is 5.01 Å². The summed E-state index contributed by atoms with van der Waals surface area (Å²) in [6.07, 6.45) is 0.581. The number of ether oxygens (including phenoxy) is 2. The number of methoxy groups -OCH3 is 1. The summed E-state index contributed by atoms with van der Waals surface area (Å²) >= 11 is 7.86. The maximum Gasteiger partial charge on any atom is 0.409 e. The Bertz CT molecular complexity index is 2110. The second-order valence-corrected chi connectivity index (χ2v) is 16.0. The standard InChI is InChI=1S/C39H44ClN5O5S/c1-7-45-30-13-10-25(19-28(30)33(42-45)24-14-16-43(17-15-24)27-20-44(21-27)38(48)49-6)36-41-29-18-22(2)31(34(37(46)47)50-39(3,4)5)32(35(29)51-36)23-8-11-26(40)12-9-23/h8-13,18-19,24,27,34H,7,14-17,20-21H2,1-6H3,(H,46,47). The van der Waals surface area contributed by atoms with Gasteiger partial charge >= 0.3 is 12.1 Å². The molecule has 3 aromatic carbocycles. The minimum atomic E-state index is -1.17. The lowest BCUT2D eigenvalue weighted by Gasteiger charge is -2.46. The maximum absolute atomic E-state index is 12.8. The number of fused-ring (bicyclic) bond motifs is 2. The molecule has 2 aliphatic rings. The summed E-state index contributed by atoms with van der Waals surface area (Å²) in [5, 5.41) is 18.2. The third kappa shape index (κ3) is 6.84. The lowest BCUT2D eigenvalue weighted by molar-refractivity contribution is -0.160. The van der Waals surface area contributed by atoms with Gasteiger partial charge in [0.15, 0.2) is 6.10 Å². The van der Waals surface area contributed by atoms with Gasteiger partial charge in [-0.3, -0.25) is 9.58 Å². The van der Waals surface area contributed by atoms with Crippen LogP contribution in [-0.4, -0.2) is 86.7 Å². The van der Waals surface area contributed by atoms with Gasteiger partial charge in [-0.15, -0.1) is 11.3 Å². The van der Waals surface area contributed by atoms with Gasteiger partial charge in [-0.1, -0.05) is 23.7 Å². The Morgan fingerprint density at radius 2 is 1.75 bits per heavy atom. The highest BCUT2D eigenvalue weighted by Gasteiger charge is 2.38. The molecule has 1 atom stereocenters. The molecule has 2 aliphatic heterocycles. The van der Waals surface area contributed by atoms with Crippen LogP contribution in [0.25, 0.3) is 42.8 Å². The number of carbonyl (C=O) groups excluding carboxylic acids is 1. The fourth-order valence-electron chi connectivity index (χ4n) is 7.54. The van der Waals surface area contributed by atoms with Crippen LogP contribution in [0.1, 0.15) is 69.4 Å². The Morgan fingerprint density at radius 3 is 2.37 bits per heavy atom. The Labute approximate surface area is 306 Å². The molecule has 0 bridgehead atoms. The van der Waals surface area contributed by atoms with E-state index < -0.39 is 17.7 Å². The van der Waals surface area contributed by atoms with Crippen molar-refractivity contribution in [3.05, 3.63) is 70.4 Å². The van der Waals surface area contributed by atoms with Gasteiger partial charge in [0.25, 0.3) is 0 Å². The normalized spacial score (nSPS) is 16.9. The lowest BCUT2D eigenvalue weighted by Crippen LogP contribution is -2.62. The second-order valence-electron chi connectivity index (χ2n) is 14.6. The van der Waals surface area contributed by atoms with E-state index in [0.717, 1.165) is 99.6 Å². The number of carboxylic acids is 1. The van der Waals surface area contributed by atoms with E-state index in [0.29, 0.717) is 22.5 Å². The third-order valence-electron chi connectivity index (χ3n) is 10.1. The molecule has 1 N–H and O–H groups in total. The van der Waals surface area contributed by atoms with E-state index in [2.05, 4.69) is 34.7 Å². The summed E-state index contributed by atoms with van der Waals surface area (Å²) in [6.45, 7) is 13.8. The SMILES string of the molecule is CCn1nc(C2CCN(C3CN(C(=O)OC)C3)CC2)c2cc(-c3nc4cc(C)c(C(OC(C)(C)C)C(=O)O)c(-c5ccc(Cl)cc5)c4s3)ccc21. The van der Waals surface area contributed by atoms with Gasteiger partial charge in [-0.05, 0) is 108 Å². The fraction of sp³-hybridized carbons (Fsp3) is 0.436. The molecular formula is C39H44ClN5O5S. The van der Waals surface area contributed by atoms with Crippen molar-refractivity contribution < 1.29 is 24.2 Å². The van der Waals surface area contributed by atoms with Crippen LogP contribution in [0.3, 0.4) is 0 Å². The number of thiazole rings is 1. The first kappa shape index (κ1) is 35.4. The summed E-state index contributed by atoms with van der Waals surface area (Å²) in [5.74, 6) is -0.712. The smallest absolute Gasteiger partial charge is 0.409 e. The van der Waals surface area contributed by atoms with E-state index in [1.807, 2.05) is 58.0 Å². The highest BCUT2D eigenvalue weighted by Crippen LogP contribution is 2.45. The summed E-state index contributed by atoms with van der Waals surface area (Å²) in [6, 6.07) is 16.4. The number of benzene rings is 3. The molecule has 4 heterocycles. The van der Waals surface area contributed by atoms with Crippen molar-refractivity contribution in [1.29, 1.82) is 0 Å². The van der Waals surface area contributed by atoms with Crippen molar-refractivity contribution in [2.45, 2.75) is 77.7 Å². The number of amides is 1. The van der Waals surface area contributed by atoms with E-state index >= 15 is 0 Å². The lowest BCUT2D eigenvalue weighted by atomic mass is 9.90.